The van der Waals surface area contributed by atoms with E-state index in [1.807, 2.05) is 30.3 Å². The Morgan fingerprint density at radius 2 is 1.54 bits per heavy atom. The average molecular weight is 378 g/mol. The van der Waals surface area contributed by atoms with E-state index in [2.05, 4.69) is 10.6 Å². The summed E-state index contributed by atoms with van der Waals surface area (Å²) in [5.74, 6) is 0.257. The molecule has 0 saturated carbocycles. The second-order valence-corrected chi connectivity index (χ2v) is 6.07. The van der Waals surface area contributed by atoms with Crippen LogP contribution in [0.5, 0.6) is 11.5 Å². The van der Waals surface area contributed by atoms with Crippen LogP contribution < -0.4 is 15.4 Å². The molecule has 142 valence electrons. The third-order valence-electron chi connectivity index (χ3n) is 3.82. The van der Waals surface area contributed by atoms with Crippen molar-refractivity contribution in [3.63, 3.8) is 0 Å². The quantitative estimate of drug-likeness (QED) is 0.655. The maximum atomic E-state index is 13.1. The van der Waals surface area contributed by atoms with Gasteiger partial charge in [0.25, 0.3) is 0 Å². The van der Waals surface area contributed by atoms with Crippen molar-refractivity contribution >= 4 is 17.5 Å². The maximum absolute atomic E-state index is 13.1. The third-order valence-corrected chi connectivity index (χ3v) is 3.82. The zero-order valence-electron chi connectivity index (χ0n) is 15.0. The van der Waals surface area contributed by atoms with E-state index in [-0.39, 0.29) is 24.8 Å². The second kappa shape index (κ2) is 9.32. The first-order chi connectivity index (χ1) is 13.6. The van der Waals surface area contributed by atoms with Gasteiger partial charge in [-0.25, -0.2) is 4.39 Å². The van der Waals surface area contributed by atoms with Crippen molar-refractivity contribution in [2.45, 2.75) is 6.42 Å². The van der Waals surface area contributed by atoms with E-state index in [0.717, 1.165) is 5.75 Å². The molecular weight excluding hydrogens is 359 g/mol. The molecule has 0 spiro atoms. The molecule has 0 unspecified atom stereocenters. The van der Waals surface area contributed by atoms with Crippen LogP contribution in [0.4, 0.5) is 10.1 Å². The molecule has 3 rings (SSSR count). The lowest BCUT2D eigenvalue weighted by Gasteiger charge is -2.09. The molecule has 0 heterocycles. The molecule has 0 saturated heterocycles. The van der Waals surface area contributed by atoms with Gasteiger partial charge in [0.2, 0.25) is 11.8 Å². The molecule has 6 heteroatoms. The molecule has 28 heavy (non-hydrogen) atoms. The smallest absolute Gasteiger partial charge is 0.243 e. The molecule has 3 aromatic rings. The van der Waals surface area contributed by atoms with Crippen molar-refractivity contribution in [3.8, 4) is 11.5 Å². The Kier molecular flexibility index (Phi) is 6.36. The molecule has 0 aromatic heterocycles. The summed E-state index contributed by atoms with van der Waals surface area (Å²) >= 11 is 0. The molecule has 0 bridgehead atoms. The van der Waals surface area contributed by atoms with E-state index < -0.39 is 5.82 Å². The molecule has 2 N–H and O–H groups in total. The Labute approximate surface area is 162 Å². The van der Waals surface area contributed by atoms with E-state index in [1.165, 1.54) is 18.2 Å². The van der Waals surface area contributed by atoms with Gasteiger partial charge in [-0.3, -0.25) is 9.59 Å². The van der Waals surface area contributed by atoms with Crippen LogP contribution in [0.15, 0.2) is 78.9 Å². The normalized spacial score (nSPS) is 10.2. The van der Waals surface area contributed by atoms with E-state index in [0.29, 0.717) is 17.0 Å². The summed E-state index contributed by atoms with van der Waals surface area (Å²) in [5, 5.41) is 5.21. The summed E-state index contributed by atoms with van der Waals surface area (Å²) in [4.78, 5) is 23.9. The van der Waals surface area contributed by atoms with Crippen LogP contribution in [0.2, 0.25) is 0 Å². The number of ether oxygens (including phenoxy) is 1. The minimum absolute atomic E-state index is 0.0105. The van der Waals surface area contributed by atoms with Crippen molar-refractivity contribution in [3.05, 3.63) is 90.2 Å². The highest BCUT2D eigenvalue weighted by Gasteiger charge is 2.08. The molecule has 5 nitrogen and oxygen atoms in total. The van der Waals surface area contributed by atoms with Gasteiger partial charge in [-0.05, 0) is 54.1 Å². The van der Waals surface area contributed by atoms with Gasteiger partial charge < -0.3 is 15.4 Å². The van der Waals surface area contributed by atoms with Gasteiger partial charge in [0, 0.05) is 5.69 Å². The Bertz CT molecular complexity index is 944. The fourth-order valence-electron chi connectivity index (χ4n) is 2.51. The number of hydrogen-bond donors (Lipinski definition) is 2. The largest absolute Gasteiger partial charge is 0.457 e. The SMILES string of the molecule is O=C(Cc1cccc(F)c1)NCC(=O)Nc1ccc(Oc2ccccc2)cc1. The average Bonchev–Trinajstić information content (AvgIpc) is 2.69. The monoisotopic (exact) mass is 378 g/mol. The van der Waals surface area contributed by atoms with Crippen LogP contribution in [-0.4, -0.2) is 18.4 Å². The molecule has 0 atom stereocenters. The van der Waals surface area contributed by atoms with Crippen molar-refractivity contribution < 1.29 is 18.7 Å². The minimum atomic E-state index is -0.400. The lowest BCUT2D eigenvalue weighted by Crippen LogP contribution is -2.33. The van der Waals surface area contributed by atoms with Crippen LogP contribution in [0, 0.1) is 5.82 Å². The Balaban J connectivity index is 1.44. The third kappa shape index (κ3) is 5.95. The molecule has 0 radical (unpaired) electrons. The maximum Gasteiger partial charge on any atom is 0.243 e. The number of halogens is 1. The first-order valence-electron chi connectivity index (χ1n) is 8.72. The minimum Gasteiger partial charge on any atom is -0.457 e. The first kappa shape index (κ1) is 19.1. The van der Waals surface area contributed by atoms with Crippen LogP contribution >= 0.6 is 0 Å². The van der Waals surface area contributed by atoms with E-state index in [1.54, 1.807) is 30.3 Å². The fourth-order valence-corrected chi connectivity index (χ4v) is 2.51. The van der Waals surface area contributed by atoms with Gasteiger partial charge in [0.05, 0.1) is 13.0 Å². The number of para-hydroxylation sites is 1. The molecule has 0 aliphatic carbocycles. The standard InChI is InChI=1S/C22H19FN2O3/c23-17-6-4-5-16(13-17)14-21(26)24-15-22(27)25-18-9-11-20(12-10-18)28-19-7-2-1-3-8-19/h1-13H,14-15H2,(H,24,26)(H,25,27). The van der Waals surface area contributed by atoms with Gasteiger partial charge in [0.1, 0.15) is 17.3 Å². The number of benzene rings is 3. The highest BCUT2D eigenvalue weighted by molar-refractivity contribution is 5.94. The van der Waals surface area contributed by atoms with Gasteiger partial charge in [-0.1, -0.05) is 30.3 Å². The van der Waals surface area contributed by atoms with E-state index in [4.69, 9.17) is 4.74 Å². The molecule has 3 aromatic carbocycles. The zero-order chi connectivity index (χ0) is 19.8. The number of carbonyl (C=O) groups is 2. The second-order valence-electron chi connectivity index (χ2n) is 6.07. The zero-order valence-corrected chi connectivity index (χ0v) is 15.0. The number of carbonyl (C=O) groups excluding carboxylic acids is 2. The molecule has 2 amide bonds. The summed E-state index contributed by atoms with van der Waals surface area (Å²) < 4.78 is 18.8. The van der Waals surface area contributed by atoms with Gasteiger partial charge >= 0.3 is 0 Å². The van der Waals surface area contributed by atoms with Crippen molar-refractivity contribution in [2.24, 2.45) is 0 Å². The van der Waals surface area contributed by atoms with Crippen LogP contribution in [0.1, 0.15) is 5.56 Å². The molecular formula is C22H19FN2O3. The number of anilines is 1. The van der Waals surface area contributed by atoms with Crippen molar-refractivity contribution in [1.82, 2.24) is 5.32 Å². The lowest BCUT2D eigenvalue weighted by atomic mass is 10.1. The van der Waals surface area contributed by atoms with Crippen LogP contribution in [-0.2, 0) is 16.0 Å². The summed E-state index contributed by atoms with van der Waals surface area (Å²) in [6, 6.07) is 22.1. The number of hydrogen-bond acceptors (Lipinski definition) is 3. The van der Waals surface area contributed by atoms with E-state index in [9.17, 15) is 14.0 Å². The Hall–Kier alpha value is -3.67. The van der Waals surface area contributed by atoms with Gasteiger partial charge in [-0.2, -0.15) is 0 Å². The summed E-state index contributed by atoms with van der Waals surface area (Å²) in [6.45, 7) is -0.170. The Morgan fingerprint density at radius 3 is 2.25 bits per heavy atom. The molecule has 0 aliphatic heterocycles. The first-order valence-corrected chi connectivity index (χ1v) is 8.72. The van der Waals surface area contributed by atoms with Gasteiger partial charge in [0.15, 0.2) is 0 Å². The van der Waals surface area contributed by atoms with Crippen LogP contribution in [0.25, 0.3) is 0 Å². The van der Waals surface area contributed by atoms with E-state index >= 15 is 0 Å². The predicted octanol–water partition coefficient (Wildman–Crippen LogP) is 3.92. The lowest BCUT2D eigenvalue weighted by molar-refractivity contribution is -0.123. The van der Waals surface area contributed by atoms with Crippen molar-refractivity contribution in [1.29, 1.82) is 0 Å². The van der Waals surface area contributed by atoms with Crippen LogP contribution in [0.3, 0.4) is 0 Å². The molecule has 0 fully saturated rings. The van der Waals surface area contributed by atoms with Crippen molar-refractivity contribution in [2.75, 3.05) is 11.9 Å². The fraction of sp³-hybridized carbons (Fsp3) is 0.0909. The highest BCUT2D eigenvalue weighted by atomic mass is 19.1. The number of amides is 2. The molecule has 0 aliphatic rings. The predicted molar refractivity (Wildman–Crippen MR) is 105 cm³/mol. The number of nitrogens with one attached hydrogen (secondary N) is 2. The summed E-state index contributed by atoms with van der Waals surface area (Å²) in [6.07, 6.45) is 0.0105. The highest BCUT2D eigenvalue weighted by Crippen LogP contribution is 2.22. The summed E-state index contributed by atoms with van der Waals surface area (Å²) in [5.41, 5.74) is 1.14. The summed E-state index contributed by atoms with van der Waals surface area (Å²) in [7, 11) is 0. The number of rotatable bonds is 7. The topological polar surface area (TPSA) is 67.4 Å². The Morgan fingerprint density at radius 1 is 0.821 bits per heavy atom. The van der Waals surface area contributed by atoms with Gasteiger partial charge in [-0.15, -0.1) is 0 Å².